The molecule has 5 N–H and O–H groups in total. The maximum Gasteiger partial charge on any atom is 0.416 e. The van der Waals surface area contributed by atoms with Crippen LogP contribution in [0.1, 0.15) is 62.4 Å². The summed E-state index contributed by atoms with van der Waals surface area (Å²) in [5, 5.41) is 12.7. The number of benzene rings is 2. The van der Waals surface area contributed by atoms with Gasteiger partial charge >= 0.3 is 18.3 Å². The predicted molar refractivity (Wildman–Crippen MR) is 160 cm³/mol. The van der Waals surface area contributed by atoms with E-state index in [1.807, 2.05) is 0 Å². The van der Waals surface area contributed by atoms with Gasteiger partial charge in [0, 0.05) is 18.0 Å². The molecule has 0 unspecified atom stereocenters. The van der Waals surface area contributed by atoms with Crippen LogP contribution < -0.4 is 26.6 Å². The first-order valence-corrected chi connectivity index (χ1v) is 15.9. The molecule has 5 amide bonds. The van der Waals surface area contributed by atoms with Crippen LogP contribution in [-0.4, -0.2) is 62.8 Å². The molecule has 246 valence electrons. The summed E-state index contributed by atoms with van der Waals surface area (Å²) in [5.41, 5.74) is -2.46. The molecule has 2 aromatic carbocycles. The molecule has 2 aromatic rings. The van der Waals surface area contributed by atoms with Crippen molar-refractivity contribution < 1.29 is 45.5 Å². The van der Waals surface area contributed by atoms with Crippen molar-refractivity contribution in [1.29, 1.82) is 0 Å². The third-order valence-electron chi connectivity index (χ3n) is 6.61. The predicted octanol–water partition coefficient (Wildman–Crippen LogP) is 4.43. The van der Waals surface area contributed by atoms with Gasteiger partial charge in [0.2, 0.25) is 5.91 Å². The fourth-order valence-corrected chi connectivity index (χ4v) is 5.17. The van der Waals surface area contributed by atoms with Gasteiger partial charge in [-0.2, -0.15) is 13.2 Å². The Bertz CT molecular complexity index is 1520. The standard InChI is InChI=1S/C29H36F3N5O7S/c1-28(2,3)44-27(41)37-21-14-9-17(29(30,31)32)15-20(21)25(39)33-16-24(38)35-22-7-5-6-8-23(22)36-26(40)34-18-10-12-19(13-11-18)45(4,42)43/h9-15,22-23H,5-8,16H2,1-4H3,(H,33,39)(H,35,38)(H,37,41)(H2,34,36,40)/t22-,23-/m0/s1. The number of halogens is 3. The first-order chi connectivity index (χ1) is 20.8. The first kappa shape index (κ1) is 35.1. The normalized spacial score (nSPS) is 17.0. The zero-order valence-corrected chi connectivity index (χ0v) is 25.9. The SMILES string of the molecule is CC(C)(C)OC(=O)Nc1ccc(C(F)(F)F)cc1C(=O)NCC(=O)N[C@H]1CCCC[C@@H]1NC(=O)Nc1ccc(S(C)(=O)=O)cc1. The Morgan fingerprint density at radius 1 is 0.889 bits per heavy atom. The summed E-state index contributed by atoms with van der Waals surface area (Å²) in [4.78, 5) is 50.6. The monoisotopic (exact) mass is 655 g/mol. The van der Waals surface area contributed by atoms with Crippen molar-refractivity contribution in [1.82, 2.24) is 16.0 Å². The zero-order valence-electron chi connectivity index (χ0n) is 25.1. The number of amides is 5. The molecule has 0 radical (unpaired) electrons. The van der Waals surface area contributed by atoms with E-state index in [9.17, 15) is 40.8 Å². The highest BCUT2D eigenvalue weighted by atomic mass is 32.2. The lowest BCUT2D eigenvalue weighted by Crippen LogP contribution is -2.55. The van der Waals surface area contributed by atoms with Gasteiger partial charge in [0.15, 0.2) is 9.84 Å². The topological polar surface area (TPSA) is 172 Å². The number of carbonyl (C=O) groups is 4. The van der Waals surface area contributed by atoms with E-state index in [0.29, 0.717) is 30.7 Å². The third-order valence-corrected chi connectivity index (χ3v) is 7.73. The van der Waals surface area contributed by atoms with E-state index < -0.39 is 75.3 Å². The number of alkyl halides is 3. The van der Waals surface area contributed by atoms with Gasteiger partial charge in [-0.15, -0.1) is 0 Å². The van der Waals surface area contributed by atoms with Crippen molar-refractivity contribution in [2.45, 2.75) is 75.2 Å². The quantitative estimate of drug-likeness (QED) is 0.280. The third kappa shape index (κ3) is 11.0. The van der Waals surface area contributed by atoms with Crippen LogP contribution in [0.3, 0.4) is 0 Å². The second kappa shape index (κ2) is 14.2. The number of urea groups is 1. The lowest BCUT2D eigenvalue weighted by Gasteiger charge is -2.32. The number of ether oxygens (including phenoxy) is 1. The summed E-state index contributed by atoms with van der Waals surface area (Å²) in [6, 6.07) is 6.25. The van der Waals surface area contributed by atoms with Crippen LogP contribution in [0.25, 0.3) is 0 Å². The van der Waals surface area contributed by atoms with Crippen LogP contribution in [0.2, 0.25) is 0 Å². The number of hydrogen-bond acceptors (Lipinski definition) is 7. The molecule has 16 heteroatoms. The summed E-state index contributed by atoms with van der Waals surface area (Å²) >= 11 is 0. The maximum absolute atomic E-state index is 13.4. The summed E-state index contributed by atoms with van der Waals surface area (Å²) in [6.45, 7) is 4.17. The van der Waals surface area contributed by atoms with Crippen LogP contribution >= 0.6 is 0 Å². The number of nitrogens with one attached hydrogen (secondary N) is 5. The molecule has 45 heavy (non-hydrogen) atoms. The summed E-state index contributed by atoms with van der Waals surface area (Å²) in [5.74, 6) is -1.69. The van der Waals surface area contributed by atoms with Crippen LogP contribution in [0.15, 0.2) is 47.4 Å². The molecule has 0 aliphatic heterocycles. The Morgan fingerprint density at radius 3 is 2.04 bits per heavy atom. The molecule has 0 heterocycles. The number of anilines is 2. The molecule has 1 aliphatic carbocycles. The zero-order chi connectivity index (χ0) is 33.6. The molecule has 0 bridgehead atoms. The fraction of sp³-hybridized carbons (Fsp3) is 0.448. The van der Waals surface area contributed by atoms with E-state index in [-0.39, 0.29) is 10.6 Å². The van der Waals surface area contributed by atoms with E-state index in [1.165, 1.54) is 24.3 Å². The van der Waals surface area contributed by atoms with Gasteiger partial charge in [-0.25, -0.2) is 18.0 Å². The minimum absolute atomic E-state index is 0.0965. The maximum atomic E-state index is 13.4. The van der Waals surface area contributed by atoms with Gasteiger partial charge in [0.25, 0.3) is 5.91 Å². The molecule has 12 nitrogen and oxygen atoms in total. The molecule has 1 saturated carbocycles. The highest BCUT2D eigenvalue weighted by Gasteiger charge is 2.33. The number of rotatable bonds is 8. The fourth-order valence-electron chi connectivity index (χ4n) is 4.54. The Balaban J connectivity index is 1.62. The van der Waals surface area contributed by atoms with Gasteiger partial charge in [0.1, 0.15) is 5.60 Å². The van der Waals surface area contributed by atoms with Crippen LogP contribution in [0.5, 0.6) is 0 Å². The van der Waals surface area contributed by atoms with Crippen molar-refractivity contribution >= 4 is 45.2 Å². The number of hydrogen-bond donors (Lipinski definition) is 5. The minimum Gasteiger partial charge on any atom is -0.444 e. The highest BCUT2D eigenvalue weighted by molar-refractivity contribution is 7.90. The van der Waals surface area contributed by atoms with E-state index in [1.54, 1.807) is 20.8 Å². The van der Waals surface area contributed by atoms with E-state index >= 15 is 0 Å². The van der Waals surface area contributed by atoms with Crippen LogP contribution in [-0.2, 0) is 25.5 Å². The average molecular weight is 656 g/mol. The number of sulfone groups is 1. The van der Waals surface area contributed by atoms with Crippen molar-refractivity contribution in [3.05, 3.63) is 53.6 Å². The van der Waals surface area contributed by atoms with Gasteiger partial charge in [-0.1, -0.05) is 12.8 Å². The average Bonchev–Trinajstić information content (AvgIpc) is 2.91. The molecule has 3 rings (SSSR count). The molecule has 0 aromatic heterocycles. The van der Waals surface area contributed by atoms with Gasteiger partial charge < -0.3 is 26.0 Å². The largest absolute Gasteiger partial charge is 0.444 e. The van der Waals surface area contributed by atoms with Crippen molar-refractivity contribution in [2.24, 2.45) is 0 Å². The van der Waals surface area contributed by atoms with Crippen molar-refractivity contribution in [2.75, 3.05) is 23.4 Å². The molecule has 0 spiro atoms. The van der Waals surface area contributed by atoms with Gasteiger partial charge in [0.05, 0.1) is 34.3 Å². The lowest BCUT2D eigenvalue weighted by atomic mass is 9.90. The summed E-state index contributed by atoms with van der Waals surface area (Å²) < 4.78 is 68.5. The van der Waals surface area contributed by atoms with Crippen LogP contribution in [0, 0.1) is 0 Å². The molecule has 0 saturated heterocycles. The second-order valence-corrected chi connectivity index (χ2v) is 13.5. The van der Waals surface area contributed by atoms with E-state index in [2.05, 4.69) is 26.6 Å². The molecule has 1 aliphatic rings. The molecular formula is C29H36F3N5O7S. The Kier molecular flexibility index (Phi) is 11.1. The van der Waals surface area contributed by atoms with Crippen LogP contribution in [0.4, 0.5) is 34.1 Å². The van der Waals surface area contributed by atoms with Gasteiger partial charge in [-0.05, 0) is 76.1 Å². The summed E-state index contributed by atoms with van der Waals surface area (Å²) in [7, 11) is -3.40. The Hall–Kier alpha value is -4.34. The lowest BCUT2D eigenvalue weighted by molar-refractivity contribution is -0.137. The summed E-state index contributed by atoms with van der Waals surface area (Å²) in [6.07, 6.45) is -2.09. The Morgan fingerprint density at radius 2 is 1.49 bits per heavy atom. The molecule has 2 atom stereocenters. The highest BCUT2D eigenvalue weighted by Crippen LogP contribution is 2.32. The van der Waals surface area contributed by atoms with Gasteiger partial charge in [-0.3, -0.25) is 14.9 Å². The first-order valence-electron chi connectivity index (χ1n) is 14.0. The molecular weight excluding hydrogens is 619 g/mol. The Labute approximate surface area is 258 Å². The van der Waals surface area contributed by atoms with Crippen molar-refractivity contribution in [3.63, 3.8) is 0 Å². The number of carbonyl (C=O) groups excluding carboxylic acids is 4. The van der Waals surface area contributed by atoms with E-state index in [0.717, 1.165) is 25.2 Å². The minimum atomic E-state index is -4.77. The molecule has 1 fully saturated rings. The van der Waals surface area contributed by atoms with Crippen molar-refractivity contribution in [3.8, 4) is 0 Å². The smallest absolute Gasteiger partial charge is 0.416 e. The van der Waals surface area contributed by atoms with E-state index in [4.69, 9.17) is 4.74 Å². The second-order valence-electron chi connectivity index (χ2n) is 11.5.